The summed E-state index contributed by atoms with van der Waals surface area (Å²) in [7, 11) is 0. The lowest BCUT2D eigenvalue weighted by atomic mass is 10.1. The Bertz CT molecular complexity index is 499. The topological polar surface area (TPSA) is 135 Å². The summed E-state index contributed by atoms with van der Waals surface area (Å²) in [5.74, 6) is 0. The fourth-order valence-electron chi connectivity index (χ4n) is 1.72. The molecule has 0 unspecified atom stereocenters. The zero-order chi connectivity index (χ0) is 11.7. The highest BCUT2D eigenvalue weighted by Crippen LogP contribution is 2.38. The molecule has 2 rings (SSSR count). The van der Waals surface area contributed by atoms with E-state index in [0.29, 0.717) is 22.5 Å². The first-order chi connectivity index (χ1) is 7.70. The Morgan fingerprint density at radius 1 is 1.00 bits per heavy atom. The average Bonchev–Trinajstić information content (AvgIpc) is 2.74. The Kier molecular flexibility index (Phi) is 2.16. The summed E-state index contributed by atoms with van der Waals surface area (Å²) in [4.78, 5) is 20.4. The minimum atomic E-state index is 0.201. The lowest BCUT2D eigenvalue weighted by Crippen LogP contribution is -2.17. The van der Waals surface area contributed by atoms with Gasteiger partial charge in [0.25, 0.3) is 0 Å². The van der Waals surface area contributed by atoms with Gasteiger partial charge in [0.15, 0.2) is 0 Å². The molecule has 0 aromatic carbocycles. The second-order valence-corrected chi connectivity index (χ2v) is 3.15. The van der Waals surface area contributed by atoms with Crippen molar-refractivity contribution in [2.24, 2.45) is 22.0 Å². The smallest absolute Gasteiger partial charge is 0.109 e. The zero-order valence-corrected chi connectivity index (χ0v) is 8.02. The van der Waals surface area contributed by atoms with Crippen LogP contribution in [-0.4, -0.2) is 0 Å². The van der Waals surface area contributed by atoms with Crippen molar-refractivity contribution in [3.8, 4) is 0 Å². The molecule has 0 saturated carbocycles. The molecule has 0 aromatic rings. The number of allylic oxidation sites excluding steroid dienone is 4. The summed E-state index contributed by atoms with van der Waals surface area (Å²) in [6.45, 7) is 0. The average molecular weight is 220 g/mol. The summed E-state index contributed by atoms with van der Waals surface area (Å²) in [5.41, 5.74) is 18.2. The Hall–Kier alpha value is -2.64. The summed E-state index contributed by atoms with van der Waals surface area (Å²) in [6.07, 6.45) is 3.32. The van der Waals surface area contributed by atoms with Gasteiger partial charge in [0, 0.05) is 16.8 Å². The number of nitroso groups, excluding NO2 is 2. The summed E-state index contributed by atoms with van der Waals surface area (Å²) in [6, 6.07) is 0. The number of hydrogen-bond acceptors (Lipinski definition) is 6. The normalized spacial score (nSPS) is 18.0. The van der Waals surface area contributed by atoms with Gasteiger partial charge in [-0.25, -0.2) is 10.9 Å². The van der Waals surface area contributed by atoms with Crippen LogP contribution >= 0.6 is 0 Å². The van der Waals surface area contributed by atoms with Crippen LogP contribution in [0.1, 0.15) is 0 Å². The van der Waals surface area contributed by atoms with E-state index < -0.39 is 0 Å². The molecular weight excluding hydrogens is 212 g/mol. The lowest BCUT2D eigenvalue weighted by molar-refractivity contribution is 0.817. The van der Waals surface area contributed by atoms with Crippen LogP contribution < -0.4 is 22.3 Å². The van der Waals surface area contributed by atoms with E-state index in [1.807, 2.05) is 0 Å². The summed E-state index contributed by atoms with van der Waals surface area (Å²) < 4.78 is 0. The Balaban J connectivity index is 2.50. The SMILES string of the molecule is NC1=CC=C2C(NN=O)=C(NN=O)C(N)=C12. The number of rotatable bonds is 4. The van der Waals surface area contributed by atoms with E-state index in [2.05, 4.69) is 21.4 Å². The van der Waals surface area contributed by atoms with Gasteiger partial charge in [0.2, 0.25) is 0 Å². The van der Waals surface area contributed by atoms with Gasteiger partial charge in [-0.05, 0) is 12.2 Å². The van der Waals surface area contributed by atoms with E-state index >= 15 is 0 Å². The van der Waals surface area contributed by atoms with Gasteiger partial charge >= 0.3 is 0 Å². The summed E-state index contributed by atoms with van der Waals surface area (Å²) >= 11 is 0. The first kappa shape index (κ1) is 9.90. The van der Waals surface area contributed by atoms with Crippen molar-refractivity contribution < 1.29 is 0 Å². The number of nitrogens with two attached hydrogens (primary N) is 2. The zero-order valence-electron chi connectivity index (χ0n) is 8.02. The molecule has 0 aliphatic heterocycles. The van der Waals surface area contributed by atoms with Gasteiger partial charge in [-0.3, -0.25) is 0 Å². The first-order valence-electron chi connectivity index (χ1n) is 4.30. The molecule has 0 spiro atoms. The van der Waals surface area contributed by atoms with E-state index in [4.69, 9.17) is 11.5 Å². The third-order valence-corrected chi connectivity index (χ3v) is 2.36. The number of fused-ring (bicyclic) bond motifs is 1. The van der Waals surface area contributed by atoms with Gasteiger partial charge in [-0.2, -0.15) is 0 Å². The quantitative estimate of drug-likeness (QED) is 0.381. The molecule has 0 saturated heterocycles. The van der Waals surface area contributed by atoms with E-state index in [1.54, 1.807) is 12.2 Å². The second-order valence-electron chi connectivity index (χ2n) is 3.15. The van der Waals surface area contributed by atoms with Crippen molar-refractivity contribution in [2.45, 2.75) is 0 Å². The molecule has 8 nitrogen and oxygen atoms in total. The number of nitrogens with zero attached hydrogens (tertiary/aromatic N) is 2. The van der Waals surface area contributed by atoms with Gasteiger partial charge in [-0.15, -0.1) is 9.81 Å². The molecule has 0 amide bonds. The monoisotopic (exact) mass is 220 g/mol. The van der Waals surface area contributed by atoms with E-state index in [-0.39, 0.29) is 11.4 Å². The van der Waals surface area contributed by atoms with Crippen LogP contribution in [0.3, 0.4) is 0 Å². The molecule has 0 bridgehead atoms. The van der Waals surface area contributed by atoms with Crippen molar-refractivity contribution in [3.05, 3.63) is 55.9 Å². The molecule has 6 N–H and O–H groups in total. The number of nitrogens with one attached hydrogen (secondary N) is 2. The molecule has 0 radical (unpaired) electrons. The van der Waals surface area contributed by atoms with Crippen molar-refractivity contribution in [2.75, 3.05) is 0 Å². The molecule has 16 heavy (non-hydrogen) atoms. The predicted octanol–water partition coefficient (Wildman–Crippen LogP) is -0.251. The molecule has 0 fully saturated rings. The van der Waals surface area contributed by atoms with Crippen LogP contribution in [0.25, 0.3) is 0 Å². The fraction of sp³-hybridized carbons (Fsp3) is 0. The highest BCUT2D eigenvalue weighted by Gasteiger charge is 2.31. The van der Waals surface area contributed by atoms with E-state index in [1.165, 1.54) is 0 Å². The molecular formula is C8H8N6O2. The second kappa shape index (κ2) is 3.50. The Morgan fingerprint density at radius 3 is 2.25 bits per heavy atom. The molecule has 82 valence electrons. The van der Waals surface area contributed by atoms with Gasteiger partial charge in [-0.1, -0.05) is 0 Å². The van der Waals surface area contributed by atoms with Crippen LogP contribution in [0, 0.1) is 9.81 Å². The highest BCUT2D eigenvalue weighted by atomic mass is 16.3. The Labute approximate surface area is 89.6 Å². The van der Waals surface area contributed by atoms with Gasteiger partial charge < -0.3 is 11.5 Å². The van der Waals surface area contributed by atoms with Crippen molar-refractivity contribution in [1.29, 1.82) is 0 Å². The maximum atomic E-state index is 10.2. The first-order valence-corrected chi connectivity index (χ1v) is 4.30. The van der Waals surface area contributed by atoms with Crippen LogP contribution in [0.4, 0.5) is 0 Å². The third-order valence-electron chi connectivity index (χ3n) is 2.36. The standard InChI is InChI=1S/C8H8N6O2/c9-4-2-1-3-5(4)6(10)8(12-14-16)7(3)11-13-15/h1-2H,9-10H2,(H,11,15)(H,12,16). The van der Waals surface area contributed by atoms with Gasteiger partial charge in [0.05, 0.1) is 22.0 Å². The molecule has 2 aliphatic rings. The molecule has 8 heteroatoms. The maximum Gasteiger partial charge on any atom is 0.109 e. The summed E-state index contributed by atoms with van der Waals surface area (Å²) in [5, 5.41) is 5.05. The van der Waals surface area contributed by atoms with Crippen molar-refractivity contribution in [1.82, 2.24) is 10.9 Å². The predicted molar refractivity (Wildman–Crippen MR) is 56.5 cm³/mol. The highest BCUT2D eigenvalue weighted by molar-refractivity contribution is 5.71. The number of hydrogen-bond donors (Lipinski definition) is 4. The fourth-order valence-corrected chi connectivity index (χ4v) is 1.72. The van der Waals surface area contributed by atoms with E-state index in [0.717, 1.165) is 0 Å². The van der Waals surface area contributed by atoms with Crippen LogP contribution in [0.5, 0.6) is 0 Å². The van der Waals surface area contributed by atoms with Gasteiger partial charge in [0.1, 0.15) is 5.70 Å². The van der Waals surface area contributed by atoms with Crippen molar-refractivity contribution in [3.63, 3.8) is 0 Å². The molecule has 0 aromatic heterocycles. The van der Waals surface area contributed by atoms with E-state index in [9.17, 15) is 9.81 Å². The minimum Gasteiger partial charge on any atom is -0.398 e. The van der Waals surface area contributed by atoms with Crippen molar-refractivity contribution >= 4 is 0 Å². The molecule has 0 heterocycles. The molecule has 2 aliphatic carbocycles. The van der Waals surface area contributed by atoms with Crippen LogP contribution in [0.15, 0.2) is 56.7 Å². The van der Waals surface area contributed by atoms with Crippen LogP contribution in [0.2, 0.25) is 0 Å². The third kappa shape index (κ3) is 1.16. The van der Waals surface area contributed by atoms with Crippen LogP contribution in [-0.2, 0) is 0 Å². The largest absolute Gasteiger partial charge is 0.398 e. The maximum absolute atomic E-state index is 10.2. The Morgan fingerprint density at radius 2 is 1.62 bits per heavy atom. The minimum absolute atomic E-state index is 0.201. The lowest BCUT2D eigenvalue weighted by Gasteiger charge is -2.04. The molecule has 0 atom stereocenters.